The van der Waals surface area contributed by atoms with Crippen LogP contribution in [0.3, 0.4) is 0 Å². The number of hydrogen-bond acceptors (Lipinski definition) is 5. The third-order valence-electron chi connectivity index (χ3n) is 7.38. The molecule has 0 bridgehead atoms. The molecule has 0 aliphatic carbocycles. The van der Waals surface area contributed by atoms with Gasteiger partial charge in [0, 0.05) is 0 Å². The molecule has 41 heavy (non-hydrogen) atoms. The van der Waals surface area contributed by atoms with Crippen LogP contribution in [0.25, 0.3) is 0 Å². The van der Waals surface area contributed by atoms with Crippen LogP contribution in [-0.4, -0.2) is 37.1 Å². The molecule has 0 radical (unpaired) electrons. The summed E-state index contributed by atoms with van der Waals surface area (Å²) in [4.78, 5) is 0. The predicted molar refractivity (Wildman–Crippen MR) is 160 cm³/mol. The first-order valence-electron chi connectivity index (χ1n) is 14.5. The minimum absolute atomic E-state index is 0.165. The molecule has 0 aromatic heterocycles. The Morgan fingerprint density at radius 1 is 0.463 bits per heavy atom. The highest BCUT2D eigenvalue weighted by molar-refractivity contribution is 5.16. The van der Waals surface area contributed by atoms with Gasteiger partial charge in [0.05, 0.1) is 39.1 Å². The fourth-order valence-electron chi connectivity index (χ4n) is 5.21. The normalized spacial score (nSPS) is 22.4. The van der Waals surface area contributed by atoms with E-state index in [0.29, 0.717) is 33.0 Å². The molecule has 0 N–H and O–H groups in total. The van der Waals surface area contributed by atoms with Crippen molar-refractivity contribution in [3.05, 3.63) is 144 Å². The van der Waals surface area contributed by atoms with Crippen molar-refractivity contribution in [1.82, 2.24) is 0 Å². The smallest absolute Gasteiger partial charge is 0.115 e. The SMILES string of the molecule is CC[C@H]1OC(COCc2ccccc2)[C@@H](OCc2ccccc2)C(OCc2ccccc2)C1OCc1ccccc1. The first-order chi connectivity index (χ1) is 20.3. The van der Waals surface area contributed by atoms with Crippen LogP contribution in [0.2, 0.25) is 0 Å². The second kappa shape index (κ2) is 15.6. The molecule has 5 heteroatoms. The minimum atomic E-state index is -0.390. The molecule has 5 nitrogen and oxygen atoms in total. The molecule has 1 fully saturated rings. The summed E-state index contributed by atoms with van der Waals surface area (Å²) < 4.78 is 32.9. The first-order valence-corrected chi connectivity index (χ1v) is 14.5. The van der Waals surface area contributed by atoms with Crippen LogP contribution in [0.1, 0.15) is 35.6 Å². The van der Waals surface area contributed by atoms with Crippen molar-refractivity contribution in [1.29, 1.82) is 0 Å². The van der Waals surface area contributed by atoms with Gasteiger partial charge in [-0.05, 0) is 28.7 Å². The highest BCUT2D eigenvalue weighted by Crippen LogP contribution is 2.32. The monoisotopic (exact) mass is 552 g/mol. The van der Waals surface area contributed by atoms with Crippen LogP contribution in [0.4, 0.5) is 0 Å². The number of benzene rings is 4. The zero-order valence-electron chi connectivity index (χ0n) is 23.7. The van der Waals surface area contributed by atoms with E-state index in [-0.39, 0.29) is 24.4 Å². The quantitative estimate of drug-likeness (QED) is 0.166. The van der Waals surface area contributed by atoms with Crippen molar-refractivity contribution in [3.63, 3.8) is 0 Å². The topological polar surface area (TPSA) is 46.2 Å². The molecule has 0 saturated carbocycles. The Morgan fingerprint density at radius 3 is 1.24 bits per heavy atom. The van der Waals surface area contributed by atoms with Gasteiger partial charge in [-0.3, -0.25) is 0 Å². The van der Waals surface area contributed by atoms with Crippen LogP contribution in [-0.2, 0) is 50.1 Å². The second-order valence-corrected chi connectivity index (χ2v) is 10.4. The van der Waals surface area contributed by atoms with Gasteiger partial charge in [-0.25, -0.2) is 0 Å². The summed E-state index contributed by atoms with van der Waals surface area (Å²) in [7, 11) is 0. The van der Waals surface area contributed by atoms with Crippen molar-refractivity contribution in [3.8, 4) is 0 Å². The van der Waals surface area contributed by atoms with Crippen LogP contribution < -0.4 is 0 Å². The van der Waals surface area contributed by atoms with E-state index in [1.165, 1.54) is 0 Å². The lowest BCUT2D eigenvalue weighted by Crippen LogP contribution is -2.61. The molecule has 5 atom stereocenters. The summed E-state index contributed by atoms with van der Waals surface area (Å²) >= 11 is 0. The maximum atomic E-state index is 6.71. The maximum absolute atomic E-state index is 6.71. The highest BCUT2D eigenvalue weighted by atomic mass is 16.6. The lowest BCUT2D eigenvalue weighted by atomic mass is 9.92. The van der Waals surface area contributed by atoms with Crippen LogP contribution in [0.5, 0.6) is 0 Å². The molecule has 214 valence electrons. The molecule has 0 amide bonds. The van der Waals surface area contributed by atoms with E-state index in [4.69, 9.17) is 23.7 Å². The lowest BCUT2D eigenvalue weighted by molar-refractivity contribution is -0.272. The minimum Gasteiger partial charge on any atom is -0.374 e. The standard InChI is InChI=1S/C36H40O5/c1-2-32-34(38-24-29-17-9-4-10-18-29)36(40-26-31-21-13-6-14-22-31)35(39-25-30-19-11-5-12-20-30)33(41-32)27-37-23-28-15-7-3-8-16-28/h3-22,32-36H,2,23-27H2,1H3/t32-,33?,34?,35-,36?/m1/s1. The van der Waals surface area contributed by atoms with Gasteiger partial charge in [-0.1, -0.05) is 128 Å². The average molecular weight is 553 g/mol. The summed E-state index contributed by atoms with van der Waals surface area (Å²) in [5.41, 5.74) is 4.43. The molecular formula is C36H40O5. The largest absolute Gasteiger partial charge is 0.374 e. The summed E-state index contributed by atoms with van der Waals surface area (Å²) in [5.74, 6) is 0. The molecule has 0 spiro atoms. The highest BCUT2D eigenvalue weighted by Gasteiger charge is 2.47. The fourth-order valence-corrected chi connectivity index (χ4v) is 5.21. The fraction of sp³-hybridized carbons (Fsp3) is 0.333. The number of ether oxygens (including phenoxy) is 5. The summed E-state index contributed by atoms with van der Waals surface area (Å²) in [6.07, 6.45) is -0.753. The van der Waals surface area contributed by atoms with Gasteiger partial charge in [-0.2, -0.15) is 0 Å². The molecule has 4 aromatic carbocycles. The second-order valence-electron chi connectivity index (χ2n) is 10.4. The Labute approximate surface area is 244 Å². The van der Waals surface area contributed by atoms with Gasteiger partial charge in [0.15, 0.2) is 0 Å². The van der Waals surface area contributed by atoms with E-state index < -0.39 is 6.10 Å². The summed E-state index contributed by atoms with van der Waals surface area (Å²) in [5, 5.41) is 0. The van der Waals surface area contributed by atoms with Gasteiger partial charge >= 0.3 is 0 Å². The molecule has 4 aromatic rings. The van der Waals surface area contributed by atoms with Crippen LogP contribution >= 0.6 is 0 Å². The zero-order chi connectivity index (χ0) is 28.1. The van der Waals surface area contributed by atoms with Crippen molar-refractivity contribution < 1.29 is 23.7 Å². The molecule has 1 aliphatic heterocycles. The van der Waals surface area contributed by atoms with Gasteiger partial charge in [0.25, 0.3) is 0 Å². The van der Waals surface area contributed by atoms with Crippen molar-refractivity contribution in [2.24, 2.45) is 0 Å². The van der Waals surface area contributed by atoms with Gasteiger partial charge in [-0.15, -0.1) is 0 Å². The van der Waals surface area contributed by atoms with Crippen molar-refractivity contribution >= 4 is 0 Å². The third kappa shape index (κ3) is 8.59. The molecule has 1 heterocycles. The zero-order valence-corrected chi connectivity index (χ0v) is 23.7. The van der Waals surface area contributed by atoms with E-state index in [9.17, 15) is 0 Å². The van der Waals surface area contributed by atoms with Gasteiger partial charge in [0.2, 0.25) is 0 Å². The number of hydrogen-bond donors (Lipinski definition) is 0. The van der Waals surface area contributed by atoms with Crippen LogP contribution in [0, 0.1) is 0 Å². The van der Waals surface area contributed by atoms with E-state index in [0.717, 1.165) is 28.7 Å². The van der Waals surface area contributed by atoms with Crippen LogP contribution in [0.15, 0.2) is 121 Å². The van der Waals surface area contributed by atoms with Gasteiger partial charge < -0.3 is 23.7 Å². The molecule has 1 aliphatic rings. The Morgan fingerprint density at radius 2 is 0.829 bits per heavy atom. The van der Waals surface area contributed by atoms with E-state index in [2.05, 4.69) is 55.5 Å². The summed E-state index contributed by atoms with van der Waals surface area (Å²) in [6, 6.07) is 40.9. The molecule has 1 saturated heterocycles. The van der Waals surface area contributed by atoms with Gasteiger partial charge in [0.1, 0.15) is 24.4 Å². The van der Waals surface area contributed by atoms with Crippen molar-refractivity contribution in [2.75, 3.05) is 6.61 Å². The lowest BCUT2D eigenvalue weighted by Gasteiger charge is -2.46. The first kappa shape index (κ1) is 29.2. The average Bonchev–Trinajstić information content (AvgIpc) is 3.04. The Kier molecular flexibility index (Phi) is 11.1. The Balaban J connectivity index is 1.38. The van der Waals surface area contributed by atoms with Crippen molar-refractivity contribution in [2.45, 2.75) is 70.3 Å². The van der Waals surface area contributed by atoms with E-state index in [1.54, 1.807) is 0 Å². The van der Waals surface area contributed by atoms with E-state index in [1.807, 2.05) is 72.8 Å². The summed E-state index contributed by atoms with van der Waals surface area (Å²) in [6.45, 7) is 4.39. The third-order valence-corrected chi connectivity index (χ3v) is 7.38. The Hall–Kier alpha value is -3.32. The Bertz CT molecular complexity index is 1250. The predicted octanol–water partition coefficient (Wildman–Crippen LogP) is 7.14. The number of rotatable bonds is 14. The van der Waals surface area contributed by atoms with E-state index >= 15 is 0 Å². The molecule has 3 unspecified atom stereocenters. The maximum Gasteiger partial charge on any atom is 0.115 e. The molecular weight excluding hydrogens is 512 g/mol. The molecule has 5 rings (SSSR count).